The van der Waals surface area contributed by atoms with Gasteiger partial charge in [0.2, 0.25) is 0 Å². The first-order valence-electron chi connectivity index (χ1n) is 5.88. The normalized spacial score (nSPS) is 11.9. The third-order valence-electron chi connectivity index (χ3n) is 2.58. The summed E-state index contributed by atoms with van der Waals surface area (Å²) in [5.74, 6) is -1.08. The van der Waals surface area contributed by atoms with Crippen molar-refractivity contribution >= 4 is 39.4 Å². The van der Waals surface area contributed by atoms with Crippen molar-refractivity contribution in [3.8, 4) is 0 Å². The lowest BCUT2D eigenvalue weighted by Gasteiger charge is -2.14. The Kier molecular flexibility index (Phi) is 6.31. The highest BCUT2D eigenvalue weighted by Crippen LogP contribution is 2.21. The standard InChI is InChI=1S/C13H15BrClNO3/c1-8(3-2-4-12(17)18)16-13(19)10-7-9(14)5-6-11(10)15/h5-8H,2-4H2,1H3,(H,16,19)(H,17,18). The van der Waals surface area contributed by atoms with Gasteiger partial charge < -0.3 is 10.4 Å². The molecule has 0 fully saturated rings. The Balaban J connectivity index is 2.54. The van der Waals surface area contributed by atoms with Gasteiger partial charge in [-0.05, 0) is 38.0 Å². The highest BCUT2D eigenvalue weighted by Gasteiger charge is 2.13. The minimum absolute atomic E-state index is 0.0955. The molecule has 0 aliphatic carbocycles. The Hall–Kier alpha value is -1.07. The van der Waals surface area contributed by atoms with Crippen LogP contribution in [0.5, 0.6) is 0 Å². The molecule has 1 aromatic carbocycles. The van der Waals surface area contributed by atoms with Gasteiger partial charge in [0.1, 0.15) is 0 Å². The summed E-state index contributed by atoms with van der Waals surface area (Å²) in [6.45, 7) is 1.84. The van der Waals surface area contributed by atoms with E-state index in [1.807, 2.05) is 6.92 Å². The molecule has 0 spiro atoms. The molecule has 0 aliphatic rings. The fourth-order valence-electron chi connectivity index (χ4n) is 1.60. The van der Waals surface area contributed by atoms with Gasteiger partial charge in [0.15, 0.2) is 0 Å². The van der Waals surface area contributed by atoms with Gasteiger partial charge in [-0.3, -0.25) is 9.59 Å². The molecular formula is C13H15BrClNO3. The van der Waals surface area contributed by atoms with E-state index in [1.54, 1.807) is 18.2 Å². The van der Waals surface area contributed by atoms with Crippen molar-refractivity contribution in [1.82, 2.24) is 5.32 Å². The van der Waals surface area contributed by atoms with E-state index in [1.165, 1.54) is 0 Å². The Bertz CT molecular complexity index is 479. The van der Waals surface area contributed by atoms with E-state index in [-0.39, 0.29) is 18.4 Å². The predicted molar refractivity (Wildman–Crippen MR) is 77.6 cm³/mol. The van der Waals surface area contributed by atoms with Gasteiger partial charge in [-0.25, -0.2) is 0 Å². The van der Waals surface area contributed by atoms with Crippen LogP contribution in [0.2, 0.25) is 5.02 Å². The predicted octanol–water partition coefficient (Wildman–Crippen LogP) is 3.48. The van der Waals surface area contributed by atoms with Crippen molar-refractivity contribution < 1.29 is 14.7 Å². The minimum Gasteiger partial charge on any atom is -0.481 e. The lowest BCUT2D eigenvalue weighted by atomic mass is 10.1. The monoisotopic (exact) mass is 347 g/mol. The Morgan fingerprint density at radius 3 is 2.79 bits per heavy atom. The van der Waals surface area contributed by atoms with Crippen LogP contribution in [0.3, 0.4) is 0 Å². The molecule has 104 valence electrons. The Morgan fingerprint density at radius 1 is 1.47 bits per heavy atom. The number of nitrogens with one attached hydrogen (secondary N) is 1. The molecule has 0 aromatic heterocycles. The molecule has 0 saturated heterocycles. The summed E-state index contributed by atoms with van der Waals surface area (Å²) in [5, 5.41) is 11.7. The number of carbonyl (C=O) groups excluding carboxylic acids is 1. The summed E-state index contributed by atoms with van der Waals surface area (Å²) in [6, 6.07) is 4.97. The van der Waals surface area contributed by atoms with Crippen molar-refractivity contribution in [1.29, 1.82) is 0 Å². The van der Waals surface area contributed by atoms with Crippen LogP contribution < -0.4 is 5.32 Å². The fraction of sp³-hybridized carbons (Fsp3) is 0.385. The van der Waals surface area contributed by atoms with Gasteiger partial charge in [0.25, 0.3) is 5.91 Å². The summed E-state index contributed by atoms with van der Waals surface area (Å²) in [7, 11) is 0. The number of aliphatic carboxylic acids is 1. The highest BCUT2D eigenvalue weighted by atomic mass is 79.9. The van der Waals surface area contributed by atoms with Crippen LogP contribution in [0.4, 0.5) is 0 Å². The average Bonchev–Trinajstić information content (AvgIpc) is 2.31. The first-order valence-corrected chi connectivity index (χ1v) is 7.05. The van der Waals surface area contributed by atoms with Crippen LogP contribution in [0.15, 0.2) is 22.7 Å². The lowest BCUT2D eigenvalue weighted by Crippen LogP contribution is -2.32. The summed E-state index contributed by atoms with van der Waals surface area (Å²) in [4.78, 5) is 22.4. The molecule has 1 atom stereocenters. The van der Waals surface area contributed by atoms with Crippen LogP contribution in [0.1, 0.15) is 36.5 Å². The van der Waals surface area contributed by atoms with Crippen molar-refractivity contribution in [2.24, 2.45) is 0 Å². The Labute approximate surface area is 125 Å². The zero-order chi connectivity index (χ0) is 14.4. The van der Waals surface area contributed by atoms with E-state index >= 15 is 0 Å². The molecule has 2 N–H and O–H groups in total. The van der Waals surface area contributed by atoms with Crippen LogP contribution in [0, 0.1) is 0 Å². The molecule has 0 saturated carbocycles. The molecular weight excluding hydrogens is 334 g/mol. The molecule has 4 nitrogen and oxygen atoms in total. The summed E-state index contributed by atoms with van der Waals surface area (Å²) < 4.78 is 0.778. The molecule has 0 aliphatic heterocycles. The topological polar surface area (TPSA) is 66.4 Å². The second kappa shape index (κ2) is 7.50. The number of carboxylic acids is 1. The maximum absolute atomic E-state index is 12.0. The van der Waals surface area contributed by atoms with Gasteiger partial charge in [-0.1, -0.05) is 27.5 Å². The third kappa shape index (κ3) is 5.61. The average molecular weight is 349 g/mol. The van der Waals surface area contributed by atoms with Gasteiger partial charge in [0, 0.05) is 16.9 Å². The third-order valence-corrected chi connectivity index (χ3v) is 3.40. The van der Waals surface area contributed by atoms with Gasteiger partial charge in [0.05, 0.1) is 10.6 Å². The number of carboxylic acid groups (broad SMARTS) is 1. The van der Waals surface area contributed by atoms with Crippen molar-refractivity contribution in [3.05, 3.63) is 33.3 Å². The largest absolute Gasteiger partial charge is 0.481 e. The molecule has 19 heavy (non-hydrogen) atoms. The van der Waals surface area contributed by atoms with Crippen LogP contribution >= 0.6 is 27.5 Å². The van der Waals surface area contributed by atoms with Crippen molar-refractivity contribution in [2.45, 2.75) is 32.2 Å². The molecule has 1 amide bonds. The second-order valence-electron chi connectivity index (χ2n) is 4.28. The molecule has 6 heteroatoms. The Morgan fingerprint density at radius 2 is 2.16 bits per heavy atom. The summed E-state index contributed by atoms with van der Waals surface area (Å²) in [6.07, 6.45) is 1.25. The molecule has 0 radical (unpaired) electrons. The van der Waals surface area contributed by atoms with Crippen LogP contribution in [-0.4, -0.2) is 23.0 Å². The highest BCUT2D eigenvalue weighted by molar-refractivity contribution is 9.10. The first kappa shape index (κ1) is 16.0. The zero-order valence-electron chi connectivity index (χ0n) is 10.5. The molecule has 0 bridgehead atoms. The van der Waals surface area contributed by atoms with Crippen LogP contribution in [0.25, 0.3) is 0 Å². The van der Waals surface area contributed by atoms with Crippen molar-refractivity contribution in [2.75, 3.05) is 0 Å². The molecule has 1 unspecified atom stereocenters. The lowest BCUT2D eigenvalue weighted by molar-refractivity contribution is -0.137. The van der Waals surface area contributed by atoms with E-state index in [4.69, 9.17) is 16.7 Å². The molecule has 1 rings (SSSR count). The number of rotatable bonds is 6. The van der Waals surface area contributed by atoms with E-state index in [0.29, 0.717) is 23.4 Å². The number of benzene rings is 1. The van der Waals surface area contributed by atoms with Crippen molar-refractivity contribution in [3.63, 3.8) is 0 Å². The van der Waals surface area contributed by atoms with Gasteiger partial charge >= 0.3 is 5.97 Å². The fourth-order valence-corrected chi connectivity index (χ4v) is 2.17. The van der Waals surface area contributed by atoms with Crippen LogP contribution in [-0.2, 0) is 4.79 Å². The SMILES string of the molecule is CC(CCCC(=O)O)NC(=O)c1cc(Br)ccc1Cl. The van der Waals surface area contributed by atoms with E-state index in [0.717, 1.165) is 4.47 Å². The minimum atomic E-state index is -0.825. The van der Waals surface area contributed by atoms with E-state index in [2.05, 4.69) is 21.2 Å². The summed E-state index contributed by atoms with van der Waals surface area (Å²) >= 11 is 9.25. The van der Waals surface area contributed by atoms with Gasteiger partial charge in [-0.15, -0.1) is 0 Å². The second-order valence-corrected chi connectivity index (χ2v) is 5.61. The quantitative estimate of drug-likeness (QED) is 0.827. The number of hydrogen-bond acceptors (Lipinski definition) is 2. The van der Waals surface area contributed by atoms with E-state index in [9.17, 15) is 9.59 Å². The summed E-state index contributed by atoms with van der Waals surface area (Å²) in [5.41, 5.74) is 0.404. The zero-order valence-corrected chi connectivity index (χ0v) is 12.8. The maximum atomic E-state index is 12.0. The van der Waals surface area contributed by atoms with E-state index < -0.39 is 5.97 Å². The number of amides is 1. The first-order chi connectivity index (χ1) is 8.90. The number of hydrogen-bond donors (Lipinski definition) is 2. The molecule has 1 aromatic rings. The number of halogens is 2. The number of carbonyl (C=O) groups is 2. The van der Waals surface area contributed by atoms with Gasteiger partial charge in [-0.2, -0.15) is 0 Å². The maximum Gasteiger partial charge on any atom is 0.303 e. The molecule has 0 heterocycles. The smallest absolute Gasteiger partial charge is 0.303 e.